The van der Waals surface area contributed by atoms with Gasteiger partial charge in [-0.2, -0.15) is 0 Å². The smallest absolute Gasteiger partial charge is 0.233 e. The fourth-order valence-electron chi connectivity index (χ4n) is 1.62. The van der Waals surface area contributed by atoms with Crippen molar-refractivity contribution in [2.24, 2.45) is 11.8 Å². The topological polar surface area (TPSA) is 61.4 Å². The molecule has 1 unspecified atom stereocenters. The standard InChI is InChI=1S/C11H20N2O2/c14-10(9-3-4-9)6-12-7-11(15)13-5-8-1-2-8/h8-10,12,14H,1-7H2,(H,13,15). The van der Waals surface area contributed by atoms with Crippen LogP contribution in [0.2, 0.25) is 0 Å². The first-order valence-corrected chi connectivity index (χ1v) is 5.91. The van der Waals surface area contributed by atoms with Gasteiger partial charge >= 0.3 is 0 Å². The maximum absolute atomic E-state index is 11.3. The van der Waals surface area contributed by atoms with E-state index < -0.39 is 0 Å². The van der Waals surface area contributed by atoms with Crippen LogP contribution < -0.4 is 10.6 Å². The number of hydrogen-bond donors (Lipinski definition) is 3. The van der Waals surface area contributed by atoms with Crippen molar-refractivity contribution in [1.29, 1.82) is 0 Å². The highest BCUT2D eigenvalue weighted by atomic mass is 16.3. The lowest BCUT2D eigenvalue weighted by Crippen LogP contribution is -2.38. The zero-order valence-electron chi connectivity index (χ0n) is 9.04. The molecule has 0 aromatic rings. The van der Waals surface area contributed by atoms with E-state index in [1.54, 1.807) is 0 Å². The van der Waals surface area contributed by atoms with E-state index in [1.165, 1.54) is 12.8 Å². The van der Waals surface area contributed by atoms with Crippen LogP contribution in [0, 0.1) is 11.8 Å². The molecule has 0 aromatic carbocycles. The van der Waals surface area contributed by atoms with Crippen LogP contribution in [-0.4, -0.2) is 36.8 Å². The first kappa shape index (κ1) is 10.9. The molecule has 0 aliphatic heterocycles. The van der Waals surface area contributed by atoms with E-state index in [0.29, 0.717) is 19.0 Å². The molecule has 2 aliphatic rings. The summed E-state index contributed by atoms with van der Waals surface area (Å²) in [6.45, 7) is 1.70. The van der Waals surface area contributed by atoms with Crippen molar-refractivity contribution >= 4 is 5.91 Å². The Morgan fingerprint density at radius 3 is 2.67 bits per heavy atom. The number of carbonyl (C=O) groups is 1. The fraction of sp³-hybridized carbons (Fsp3) is 0.909. The minimum atomic E-state index is -0.263. The average Bonchev–Trinajstić information content (AvgIpc) is 3.04. The summed E-state index contributed by atoms with van der Waals surface area (Å²) in [6.07, 6.45) is 4.52. The van der Waals surface area contributed by atoms with Crippen molar-refractivity contribution in [3.8, 4) is 0 Å². The predicted molar refractivity (Wildman–Crippen MR) is 57.3 cm³/mol. The van der Waals surface area contributed by atoms with Crippen LogP contribution in [0.4, 0.5) is 0 Å². The molecular weight excluding hydrogens is 192 g/mol. The van der Waals surface area contributed by atoms with Crippen LogP contribution in [0.1, 0.15) is 25.7 Å². The van der Waals surface area contributed by atoms with E-state index in [9.17, 15) is 9.90 Å². The summed E-state index contributed by atoms with van der Waals surface area (Å²) < 4.78 is 0. The molecule has 0 heterocycles. The zero-order chi connectivity index (χ0) is 10.7. The van der Waals surface area contributed by atoms with Gasteiger partial charge in [0.1, 0.15) is 0 Å². The van der Waals surface area contributed by atoms with Crippen LogP contribution in [0.25, 0.3) is 0 Å². The van der Waals surface area contributed by atoms with Crippen LogP contribution in [0.5, 0.6) is 0 Å². The average molecular weight is 212 g/mol. The van der Waals surface area contributed by atoms with Gasteiger partial charge in [-0.15, -0.1) is 0 Å². The molecule has 2 fully saturated rings. The van der Waals surface area contributed by atoms with Crippen molar-refractivity contribution in [3.05, 3.63) is 0 Å². The molecule has 86 valence electrons. The number of aliphatic hydroxyl groups excluding tert-OH is 1. The quantitative estimate of drug-likeness (QED) is 0.551. The first-order chi connectivity index (χ1) is 7.25. The van der Waals surface area contributed by atoms with E-state index in [-0.39, 0.29) is 12.0 Å². The highest BCUT2D eigenvalue weighted by Crippen LogP contribution is 2.32. The number of hydrogen-bond acceptors (Lipinski definition) is 3. The lowest BCUT2D eigenvalue weighted by atomic mass is 10.2. The molecule has 0 spiro atoms. The van der Waals surface area contributed by atoms with E-state index in [1.807, 2.05) is 0 Å². The highest BCUT2D eigenvalue weighted by molar-refractivity contribution is 5.77. The Labute approximate surface area is 90.4 Å². The van der Waals surface area contributed by atoms with Crippen LogP contribution in [0.15, 0.2) is 0 Å². The third-order valence-corrected chi connectivity index (χ3v) is 3.09. The maximum Gasteiger partial charge on any atom is 0.233 e. The van der Waals surface area contributed by atoms with E-state index in [4.69, 9.17) is 0 Å². The zero-order valence-corrected chi connectivity index (χ0v) is 9.04. The molecular formula is C11H20N2O2. The van der Waals surface area contributed by atoms with Gasteiger partial charge in [-0.1, -0.05) is 0 Å². The molecule has 2 rings (SSSR count). The second kappa shape index (κ2) is 4.94. The Balaban J connectivity index is 1.46. The SMILES string of the molecule is O=C(CNCC(O)C1CC1)NCC1CC1. The molecule has 2 aliphatic carbocycles. The minimum absolute atomic E-state index is 0.0462. The summed E-state index contributed by atoms with van der Waals surface area (Å²) in [6, 6.07) is 0. The summed E-state index contributed by atoms with van der Waals surface area (Å²) in [5.74, 6) is 1.25. The Morgan fingerprint density at radius 1 is 1.33 bits per heavy atom. The Morgan fingerprint density at radius 2 is 2.07 bits per heavy atom. The molecule has 0 aromatic heterocycles. The van der Waals surface area contributed by atoms with Gasteiger partial charge in [0.2, 0.25) is 5.91 Å². The molecule has 15 heavy (non-hydrogen) atoms. The fourth-order valence-corrected chi connectivity index (χ4v) is 1.62. The normalized spacial score (nSPS) is 22.5. The number of amides is 1. The molecule has 1 amide bonds. The third kappa shape index (κ3) is 4.18. The van der Waals surface area contributed by atoms with Gasteiger partial charge in [0.25, 0.3) is 0 Å². The van der Waals surface area contributed by atoms with Gasteiger partial charge in [-0.3, -0.25) is 4.79 Å². The molecule has 4 heteroatoms. The van der Waals surface area contributed by atoms with Gasteiger partial charge in [0, 0.05) is 13.1 Å². The largest absolute Gasteiger partial charge is 0.392 e. The van der Waals surface area contributed by atoms with Gasteiger partial charge in [-0.05, 0) is 37.5 Å². The molecule has 1 atom stereocenters. The molecule has 0 saturated heterocycles. The van der Waals surface area contributed by atoms with Crippen molar-refractivity contribution in [3.63, 3.8) is 0 Å². The minimum Gasteiger partial charge on any atom is -0.392 e. The highest BCUT2D eigenvalue weighted by Gasteiger charge is 2.29. The molecule has 0 bridgehead atoms. The Bertz CT molecular complexity index is 225. The lowest BCUT2D eigenvalue weighted by Gasteiger charge is -2.10. The van der Waals surface area contributed by atoms with Crippen molar-refractivity contribution in [2.75, 3.05) is 19.6 Å². The lowest BCUT2D eigenvalue weighted by molar-refractivity contribution is -0.120. The summed E-state index contributed by atoms with van der Waals surface area (Å²) >= 11 is 0. The second-order valence-corrected chi connectivity index (χ2v) is 4.78. The van der Waals surface area contributed by atoms with Crippen LogP contribution >= 0.6 is 0 Å². The van der Waals surface area contributed by atoms with Crippen molar-refractivity contribution < 1.29 is 9.90 Å². The van der Waals surface area contributed by atoms with E-state index in [2.05, 4.69) is 10.6 Å². The summed E-state index contributed by atoms with van der Waals surface area (Å²) in [7, 11) is 0. The van der Waals surface area contributed by atoms with Crippen molar-refractivity contribution in [2.45, 2.75) is 31.8 Å². The first-order valence-electron chi connectivity index (χ1n) is 5.91. The molecule has 3 N–H and O–H groups in total. The van der Waals surface area contributed by atoms with Gasteiger partial charge in [-0.25, -0.2) is 0 Å². The Hall–Kier alpha value is -0.610. The van der Waals surface area contributed by atoms with Crippen LogP contribution in [-0.2, 0) is 4.79 Å². The predicted octanol–water partition coefficient (Wildman–Crippen LogP) is -0.127. The van der Waals surface area contributed by atoms with Gasteiger partial charge in [0.05, 0.1) is 12.6 Å². The number of carbonyl (C=O) groups excluding carboxylic acids is 1. The summed E-state index contributed by atoms with van der Waals surface area (Å²) in [5.41, 5.74) is 0. The summed E-state index contributed by atoms with van der Waals surface area (Å²) in [5, 5.41) is 15.4. The third-order valence-electron chi connectivity index (χ3n) is 3.09. The Kier molecular flexibility index (Phi) is 3.59. The van der Waals surface area contributed by atoms with E-state index >= 15 is 0 Å². The van der Waals surface area contributed by atoms with Crippen molar-refractivity contribution in [1.82, 2.24) is 10.6 Å². The van der Waals surface area contributed by atoms with Gasteiger partial charge < -0.3 is 15.7 Å². The monoisotopic (exact) mass is 212 g/mol. The number of aliphatic hydroxyl groups is 1. The maximum atomic E-state index is 11.3. The molecule has 4 nitrogen and oxygen atoms in total. The van der Waals surface area contributed by atoms with Gasteiger partial charge in [0.15, 0.2) is 0 Å². The number of rotatable bonds is 7. The van der Waals surface area contributed by atoms with E-state index in [0.717, 1.165) is 25.3 Å². The van der Waals surface area contributed by atoms with Crippen LogP contribution in [0.3, 0.4) is 0 Å². The molecule has 0 radical (unpaired) electrons. The summed E-state index contributed by atoms with van der Waals surface area (Å²) in [4.78, 5) is 11.3. The number of nitrogens with one attached hydrogen (secondary N) is 2. The molecule has 2 saturated carbocycles. The second-order valence-electron chi connectivity index (χ2n) is 4.78.